The first-order valence-electron chi connectivity index (χ1n) is 8.36. The van der Waals surface area contributed by atoms with Gasteiger partial charge in [-0.1, -0.05) is 24.3 Å². The Balaban J connectivity index is 2.15. The molecule has 3 N–H and O–H groups in total. The van der Waals surface area contributed by atoms with Crippen LogP contribution < -0.4 is 16.0 Å². The van der Waals surface area contributed by atoms with Crippen LogP contribution in [0.25, 0.3) is 0 Å². The van der Waals surface area contributed by atoms with Gasteiger partial charge in [-0.2, -0.15) is 0 Å². The Labute approximate surface area is 167 Å². The summed E-state index contributed by atoms with van der Waals surface area (Å²) in [5.74, 6) is -1.02. The number of anilines is 1. The van der Waals surface area contributed by atoms with Crippen LogP contribution in [-0.4, -0.2) is 27.4 Å². The van der Waals surface area contributed by atoms with Crippen molar-refractivity contribution in [1.29, 1.82) is 0 Å². The lowest BCUT2D eigenvalue weighted by molar-refractivity contribution is -0.385. The molecular weight excluding hydrogens is 380 g/mol. The fraction of sp³-hybridized carbons (Fsp3) is 0.211. The zero-order valence-corrected chi connectivity index (χ0v) is 16.4. The monoisotopic (exact) mass is 400 g/mol. The largest absolute Gasteiger partial charge is 0.347 e. The molecule has 0 bridgehead atoms. The number of carbonyl (C=O) groups is 2. The van der Waals surface area contributed by atoms with E-state index < -0.39 is 16.4 Å². The molecule has 2 rings (SSSR count). The zero-order chi connectivity index (χ0) is 20.9. The maximum atomic E-state index is 12.5. The Morgan fingerprint density at radius 1 is 0.964 bits per heavy atom. The van der Waals surface area contributed by atoms with Gasteiger partial charge in [0.05, 0.1) is 16.2 Å². The van der Waals surface area contributed by atoms with E-state index in [0.29, 0.717) is 11.3 Å². The zero-order valence-electron chi connectivity index (χ0n) is 15.6. The smallest absolute Gasteiger partial charge is 0.282 e. The number of para-hydroxylation sites is 2. The summed E-state index contributed by atoms with van der Waals surface area (Å²) in [4.78, 5) is 35.3. The molecule has 0 spiro atoms. The predicted molar refractivity (Wildman–Crippen MR) is 110 cm³/mol. The second-order valence-corrected chi connectivity index (χ2v) is 7.34. The number of rotatable bonds is 4. The van der Waals surface area contributed by atoms with Gasteiger partial charge in [0, 0.05) is 11.6 Å². The van der Waals surface area contributed by atoms with Crippen LogP contribution in [0.4, 0.5) is 11.4 Å². The highest BCUT2D eigenvalue weighted by atomic mass is 32.1. The van der Waals surface area contributed by atoms with Crippen molar-refractivity contribution in [2.24, 2.45) is 0 Å². The molecule has 28 heavy (non-hydrogen) atoms. The summed E-state index contributed by atoms with van der Waals surface area (Å²) >= 11 is 5.13. The number of nitrogens with zero attached hydrogens (tertiary/aromatic N) is 1. The Kier molecular flexibility index (Phi) is 6.42. The SMILES string of the molecule is CC(C)(C)NC(=O)c1ccccc1NC(=S)NC(=O)c1ccccc1[N+](=O)[O-]. The van der Waals surface area contributed by atoms with Crippen molar-refractivity contribution in [1.82, 2.24) is 10.6 Å². The van der Waals surface area contributed by atoms with Crippen LogP contribution in [0.15, 0.2) is 48.5 Å². The number of hydrogen-bond donors (Lipinski definition) is 3. The Morgan fingerprint density at radius 3 is 2.14 bits per heavy atom. The van der Waals surface area contributed by atoms with E-state index in [1.165, 1.54) is 24.3 Å². The predicted octanol–water partition coefficient (Wildman–Crippen LogP) is 3.25. The molecule has 0 atom stereocenters. The van der Waals surface area contributed by atoms with Gasteiger partial charge in [0.25, 0.3) is 17.5 Å². The normalized spacial score (nSPS) is 10.7. The van der Waals surface area contributed by atoms with E-state index in [1.807, 2.05) is 20.8 Å². The van der Waals surface area contributed by atoms with E-state index in [-0.39, 0.29) is 22.3 Å². The van der Waals surface area contributed by atoms with Crippen molar-refractivity contribution < 1.29 is 14.5 Å². The average Bonchev–Trinajstić information content (AvgIpc) is 2.60. The summed E-state index contributed by atoms with van der Waals surface area (Å²) in [5, 5.41) is 19.0. The number of thiocarbonyl (C=S) groups is 1. The molecule has 0 fully saturated rings. The molecule has 0 radical (unpaired) electrons. The standard InChI is InChI=1S/C19H20N4O4S/c1-19(2,3)22-17(25)12-8-4-6-10-14(12)20-18(28)21-16(24)13-9-5-7-11-15(13)23(26)27/h4-11H,1-3H3,(H,22,25)(H2,20,21,24,28). The van der Waals surface area contributed by atoms with Gasteiger partial charge < -0.3 is 10.6 Å². The molecule has 0 aliphatic heterocycles. The minimum absolute atomic E-state index is 0.0841. The summed E-state index contributed by atoms with van der Waals surface area (Å²) < 4.78 is 0. The molecule has 146 valence electrons. The Morgan fingerprint density at radius 2 is 1.54 bits per heavy atom. The molecule has 0 aromatic heterocycles. The minimum atomic E-state index is -0.721. The highest BCUT2D eigenvalue weighted by molar-refractivity contribution is 7.80. The molecule has 0 heterocycles. The second-order valence-electron chi connectivity index (χ2n) is 6.93. The van der Waals surface area contributed by atoms with E-state index in [4.69, 9.17) is 12.2 Å². The summed E-state index contributed by atoms with van der Waals surface area (Å²) in [6.45, 7) is 5.58. The molecule has 2 aromatic carbocycles. The van der Waals surface area contributed by atoms with E-state index >= 15 is 0 Å². The van der Waals surface area contributed by atoms with Gasteiger partial charge >= 0.3 is 0 Å². The second kappa shape index (κ2) is 8.57. The number of benzene rings is 2. The van der Waals surface area contributed by atoms with Gasteiger partial charge in [-0.05, 0) is 51.2 Å². The molecule has 0 aliphatic rings. The first-order chi connectivity index (χ1) is 13.1. The summed E-state index contributed by atoms with van der Waals surface area (Å²) in [5.41, 5.74) is -0.120. The third kappa shape index (κ3) is 5.58. The number of nitro benzene ring substituents is 1. The van der Waals surface area contributed by atoms with E-state index in [0.717, 1.165) is 0 Å². The fourth-order valence-electron chi connectivity index (χ4n) is 2.35. The molecule has 8 nitrogen and oxygen atoms in total. The topological polar surface area (TPSA) is 113 Å². The number of nitrogens with one attached hydrogen (secondary N) is 3. The molecule has 2 amide bonds. The molecule has 0 unspecified atom stereocenters. The lowest BCUT2D eigenvalue weighted by atomic mass is 10.1. The van der Waals surface area contributed by atoms with Crippen LogP contribution in [0.3, 0.4) is 0 Å². The Bertz CT molecular complexity index is 938. The molecule has 0 saturated carbocycles. The van der Waals surface area contributed by atoms with Crippen LogP contribution in [0.5, 0.6) is 0 Å². The van der Waals surface area contributed by atoms with E-state index in [2.05, 4.69) is 16.0 Å². The van der Waals surface area contributed by atoms with E-state index in [1.54, 1.807) is 24.3 Å². The van der Waals surface area contributed by atoms with Gasteiger partial charge in [0.15, 0.2) is 5.11 Å². The quantitative estimate of drug-likeness (QED) is 0.412. The number of nitro groups is 1. The fourth-order valence-corrected chi connectivity index (χ4v) is 2.55. The van der Waals surface area contributed by atoms with Gasteiger partial charge in [0.2, 0.25) is 0 Å². The van der Waals surface area contributed by atoms with E-state index in [9.17, 15) is 19.7 Å². The van der Waals surface area contributed by atoms with Gasteiger partial charge in [-0.15, -0.1) is 0 Å². The van der Waals surface area contributed by atoms with Crippen LogP contribution in [0.2, 0.25) is 0 Å². The van der Waals surface area contributed by atoms with Crippen LogP contribution >= 0.6 is 12.2 Å². The highest BCUT2D eigenvalue weighted by Gasteiger charge is 2.21. The summed E-state index contributed by atoms with van der Waals surface area (Å²) in [6, 6.07) is 12.2. The van der Waals surface area contributed by atoms with Crippen LogP contribution in [-0.2, 0) is 0 Å². The summed E-state index contributed by atoms with van der Waals surface area (Å²) in [6.07, 6.45) is 0. The minimum Gasteiger partial charge on any atom is -0.347 e. The number of hydrogen-bond acceptors (Lipinski definition) is 5. The summed E-state index contributed by atoms with van der Waals surface area (Å²) in [7, 11) is 0. The van der Waals surface area contributed by atoms with Crippen molar-refractivity contribution in [2.45, 2.75) is 26.3 Å². The van der Waals surface area contributed by atoms with Crippen molar-refractivity contribution >= 4 is 40.5 Å². The van der Waals surface area contributed by atoms with Crippen molar-refractivity contribution in [3.05, 3.63) is 69.8 Å². The van der Waals surface area contributed by atoms with Crippen molar-refractivity contribution in [3.8, 4) is 0 Å². The average molecular weight is 400 g/mol. The third-order valence-electron chi connectivity index (χ3n) is 3.48. The Hall–Kier alpha value is -3.33. The van der Waals surface area contributed by atoms with Crippen LogP contribution in [0.1, 0.15) is 41.5 Å². The molecule has 0 saturated heterocycles. The third-order valence-corrected chi connectivity index (χ3v) is 3.68. The number of carbonyl (C=O) groups excluding carboxylic acids is 2. The molecule has 2 aromatic rings. The molecule has 0 aliphatic carbocycles. The highest BCUT2D eigenvalue weighted by Crippen LogP contribution is 2.18. The lowest BCUT2D eigenvalue weighted by Crippen LogP contribution is -2.41. The molecule has 9 heteroatoms. The van der Waals surface area contributed by atoms with Gasteiger partial charge in [0.1, 0.15) is 5.56 Å². The molecular formula is C19H20N4O4S. The first kappa shape index (κ1) is 21.0. The first-order valence-corrected chi connectivity index (χ1v) is 8.76. The van der Waals surface area contributed by atoms with Gasteiger partial charge in [-0.25, -0.2) is 0 Å². The van der Waals surface area contributed by atoms with Gasteiger partial charge in [-0.3, -0.25) is 25.0 Å². The van der Waals surface area contributed by atoms with Crippen LogP contribution in [0, 0.1) is 10.1 Å². The lowest BCUT2D eigenvalue weighted by Gasteiger charge is -2.21. The van der Waals surface area contributed by atoms with Crippen molar-refractivity contribution in [2.75, 3.05) is 5.32 Å². The van der Waals surface area contributed by atoms with Crippen molar-refractivity contribution in [3.63, 3.8) is 0 Å². The number of amides is 2. The maximum absolute atomic E-state index is 12.5. The maximum Gasteiger partial charge on any atom is 0.282 e.